The van der Waals surface area contributed by atoms with Crippen molar-refractivity contribution >= 4 is 70.2 Å². The van der Waals surface area contributed by atoms with Crippen LogP contribution < -0.4 is 20.5 Å². The molecule has 0 aliphatic carbocycles. The molecule has 0 fully saturated rings. The molecule has 5 nitrogen and oxygen atoms in total. The zero-order chi connectivity index (χ0) is 16.2. The van der Waals surface area contributed by atoms with E-state index in [9.17, 15) is 0 Å². The molecule has 24 heavy (non-hydrogen) atoms. The monoisotopic (exact) mass is 499 g/mol. The summed E-state index contributed by atoms with van der Waals surface area (Å²) in [5.74, 6) is 1.73. The molecule has 3 rings (SSSR count). The van der Waals surface area contributed by atoms with Crippen LogP contribution in [0.4, 0.5) is 5.69 Å². The molecule has 1 aromatic carbocycles. The van der Waals surface area contributed by atoms with Crippen LogP contribution in [0.2, 0.25) is 8.67 Å². The molecule has 0 unspecified atom stereocenters. The van der Waals surface area contributed by atoms with Gasteiger partial charge in [-0.05, 0) is 18.2 Å². The summed E-state index contributed by atoms with van der Waals surface area (Å²) in [4.78, 5) is 4.27. The fourth-order valence-corrected chi connectivity index (χ4v) is 3.55. The third-order valence-corrected chi connectivity index (χ3v) is 4.74. The first kappa shape index (κ1) is 19.4. The average molecular weight is 500 g/mol. The van der Waals surface area contributed by atoms with Crippen molar-refractivity contribution in [2.45, 2.75) is 13.0 Å². The van der Waals surface area contributed by atoms with Crippen molar-refractivity contribution in [2.24, 2.45) is 10.7 Å². The number of halogens is 3. The van der Waals surface area contributed by atoms with Gasteiger partial charge in [0.2, 0.25) is 0 Å². The summed E-state index contributed by atoms with van der Waals surface area (Å²) >= 11 is 13.3. The highest BCUT2D eigenvalue weighted by Gasteiger charge is 2.11. The topological polar surface area (TPSA) is 68.9 Å². The maximum atomic E-state index is 6.06. The first-order chi connectivity index (χ1) is 11.1. The second-order valence-electron chi connectivity index (χ2n) is 4.89. The van der Waals surface area contributed by atoms with E-state index in [0.29, 0.717) is 34.2 Å². The maximum Gasteiger partial charge on any atom is 0.193 e. The zero-order valence-electron chi connectivity index (χ0n) is 12.6. The molecular formula is C15H16Cl2IN3O2S. The van der Waals surface area contributed by atoms with E-state index >= 15 is 0 Å². The van der Waals surface area contributed by atoms with E-state index in [1.54, 1.807) is 6.07 Å². The summed E-state index contributed by atoms with van der Waals surface area (Å²) in [6.45, 7) is 1.66. The van der Waals surface area contributed by atoms with E-state index in [0.717, 1.165) is 23.4 Å². The Morgan fingerprint density at radius 2 is 1.96 bits per heavy atom. The maximum absolute atomic E-state index is 6.06. The van der Waals surface area contributed by atoms with Gasteiger partial charge in [-0.15, -0.1) is 35.3 Å². The van der Waals surface area contributed by atoms with Crippen LogP contribution in [0.1, 0.15) is 12.0 Å². The Morgan fingerprint density at radius 3 is 2.67 bits per heavy atom. The Hall–Kier alpha value is -0.900. The normalized spacial score (nSPS) is 13.8. The minimum Gasteiger partial charge on any atom is -0.490 e. The number of fused-ring (bicyclic) bond motifs is 1. The molecule has 2 heterocycles. The van der Waals surface area contributed by atoms with Gasteiger partial charge < -0.3 is 20.5 Å². The highest BCUT2D eigenvalue weighted by atomic mass is 127. The molecule has 9 heteroatoms. The van der Waals surface area contributed by atoms with E-state index in [2.05, 4.69) is 10.3 Å². The lowest BCUT2D eigenvalue weighted by molar-refractivity contribution is 0.297. The van der Waals surface area contributed by atoms with Crippen LogP contribution in [0.15, 0.2) is 29.3 Å². The molecule has 3 N–H and O–H groups in total. The van der Waals surface area contributed by atoms with Gasteiger partial charge in [-0.3, -0.25) is 0 Å². The third kappa shape index (κ3) is 5.05. The standard InChI is InChI=1S/C15H15Cl2N3O2S.HI/c16-13-6-9(14(17)23-13)8-19-15(18)20-10-2-3-11-12(7-10)22-5-1-4-21-11;/h2-3,6-7H,1,4-5,8H2,(H3,18,19,20);1H. The van der Waals surface area contributed by atoms with Crippen molar-refractivity contribution in [3.8, 4) is 11.5 Å². The van der Waals surface area contributed by atoms with Crippen molar-refractivity contribution in [3.05, 3.63) is 38.5 Å². The number of nitrogens with two attached hydrogens (primary N) is 1. The lowest BCUT2D eigenvalue weighted by Crippen LogP contribution is -2.22. The predicted octanol–water partition coefficient (Wildman–Crippen LogP) is 4.76. The Kier molecular flexibility index (Phi) is 7.27. The van der Waals surface area contributed by atoms with E-state index in [4.69, 9.17) is 38.4 Å². The van der Waals surface area contributed by atoms with Gasteiger partial charge in [0.15, 0.2) is 17.5 Å². The molecule has 0 amide bonds. The smallest absolute Gasteiger partial charge is 0.193 e. The second kappa shape index (κ2) is 8.98. The van der Waals surface area contributed by atoms with Gasteiger partial charge in [0.1, 0.15) is 0 Å². The molecule has 0 atom stereocenters. The first-order valence-corrected chi connectivity index (χ1v) is 8.59. The number of benzene rings is 1. The Morgan fingerprint density at radius 1 is 1.21 bits per heavy atom. The van der Waals surface area contributed by atoms with E-state index in [1.165, 1.54) is 11.3 Å². The number of anilines is 1. The van der Waals surface area contributed by atoms with Gasteiger partial charge in [-0.2, -0.15) is 0 Å². The number of nitrogens with one attached hydrogen (secondary N) is 1. The van der Waals surface area contributed by atoms with Crippen molar-refractivity contribution in [1.29, 1.82) is 0 Å². The summed E-state index contributed by atoms with van der Waals surface area (Å²) in [6.07, 6.45) is 0.866. The van der Waals surface area contributed by atoms with Crippen molar-refractivity contribution in [3.63, 3.8) is 0 Å². The largest absolute Gasteiger partial charge is 0.490 e. The Labute approximate surface area is 171 Å². The SMILES string of the molecule is I.NC(=NCc1cc(Cl)sc1Cl)Nc1ccc2c(c1)OCCCO2. The first-order valence-electron chi connectivity index (χ1n) is 7.02. The predicted molar refractivity (Wildman–Crippen MR) is 111 cm³/mol. The molecule has 130 valence electrons. The van der Waals surface area contributed by atoms with Crippen LogP contribution >= 0.6 is 58.5 Å². The summed E-state index contributed by atoms with van der Waals surface area (Å²) in [5.41, 5.74) is 7.55. The van der Waals surface area contributed by atoms with Crippen LogP contribution in [0.3, 0.4) is 0 Å². The minimum absolute atomic E-state index is 0. The molecule has 0 saturated carbocycles. The Bertz CT molecular complexity index is 740. The summed E-state index contributed by atoms with van der Waals surface area (Å²) in [7, 11) is 0. The summed E-state index contributed by atoms with van der Waals surface area (Å²) in [5, 5.41) is 3.03. The number of rotatable bonds is 3. The molecule has 0 saturated heterocycles. The zero-order valence-corrected chi connectivity index (χ0v) is 17.2. The highest BCUT2D eigenvalue weighted by molar-refractivity contribution is 14.0. The number of guanidine groups is 1. The van der Waals surface area contributed by atoms with Crippen LogP contribution in [-0.2, 0) is 6.54 Å². The van der Waals surface area contributed by atoms with E-state index in [1.807, 2.05) is 18.2 Å². The number of nitrogens with zero attached hydrogens (tertiary/aromatic N) is 1. The van der Waals surface area contributed by atoms with Crippen molar-refractivity contribution < 1.29 is 9.47 Å². The van der Waals surface area contributed by atoms with Gasteiger partial charge >= 0.3 is 0 Å². The molecule has 0 spiro atoms. The number of hydrogen-bond donors (Lipinski definition) is 2. The second-order valence-corrected chi connectivity index (χ2v) is 7.17. The Balaban J connectivity index is 0.00000208. The van der Waals surface area contributed by atoms with Gasteiger partial charge in [0.25, 0.3) is 0 Å². The quantitative estimate of drug-likeness (QED) is 0.363. The van der Waals surface area contributed by atoms with Crippen LogP contribution in [0.5, 0.6) is 11.5 Å². The summed E-state index contributed by atoms with van der Waals surface area (Å²) in [6, 6.07) is 7.35. The van der Waals surface area contributed by atoms with E-state index in [-0.39, 0.29) is 29.9 Å². The van der Waals surface area contributed by atoms with E-state index < -0.39 is 0 Å². The number of hydrogen-bond acceptors (Lipinski definition) is 4. The lowest BCUT2D eigenvalue weighted by Gasteiger charge is -2.10. The average Bonchev–Trinajstić information content (AvgIpc) is 2.72. The molecule has 1 aromatic heterocycles. The van der Waals surface area contributed by atoms with Gasteiger partial charge in [-0.25, -0.2) is 4.99 Å². The molecule has 1 aliphatic heterocycles. The molecule has 1 aliphatic rings. The lowest BCUT2D eigenvalue weighted by atomic mass is 10.3. The minimum atomic E-state index is 0. The van der Waals surface area contributed by atoms with Crippen molar-refractivity contribution in [2.75, 3.05) is 18.5 Å². The molecule has 2 aromatic rings. The van der Waals surface area contributed by atoms with Gasteiger partial charge in [-0.1, -0.05) is 23.2 Å². The number of ether oxygens (including phenoxy) is 2. The molecule has 0 bridgehead atoms. The fourth-order valence-electron chi connectivity index (χ4n) is 2.08. The fraction of sp³-hybridized carbons (Fsp3) is 0.267. The molecule has 0 radical (unpaired) electrons. The highest BCUT2D eigenvalue weighted by Crippen LogP contribution is 2.33. The van der Waals surface area contributed by atoms with Crippen molar-refractivity contribution in [1.82, 2.24) is 0 Å². The molecular weight excluding hydrogens is 484 g/mol. The number of thiophene rings is 1. The van der Waals surface area contributed by atoms with Crippen LogP contribution in [0.25, 0.3) is 0 Å². The number of aliphatic imine (C=N–C) groups is 1. The van der Waals surface area contributed by atoms with Crippen LogP contribution in [0, 0.1) is 0 Å². The van der Waals surface area contributed by atoms with Gasteiger partial charge in [0.05, 0.1) is 28.4 Å². The van der Waals surface area contributed by atoms with Crippen LogP contribution in [-0.4, -0.2) is 19.2 Å². The van der Waals surface area contributed by atoms with Gasteiger partial charge in [0, 0.05) is 23.7 Å². The third-order valence-electron chi connectivity index (χ3n) is 3.17. The summed E-state index contributed by atoms with van der Waals surface area (Å²) < 4.78 is 12.5.